The number of rotatable bonds is 7. The van der Waals surface area contributed by atoms with Crippen LogP contribution in [0.25, 0.3) is 27.7 Å². The number of hydrogen-bond acceptors (Lipinski definition) is 5. The number of hydrogen-bond donors (Lipinski definition) is 1. The van der Waals surface area contributed by atoms with Crippen LogP contribution in [-0.2, 0) is 13.5 Å². The predicted octanol–water partition coefficient (Wildman–Crippen LogP) is 6.09. The van der Waals surface area contributed by atoms with Gasteiger partial charge in [-0.25, -0.2) is 4.39 Å². The van der Waals surface area contributed by atoms with Gasteiger partial charge < -0.3 is 4.74 Å². The SMILES string of the molecule is Cc1ccc(-n2c(C)ccc(C(=O)Cc3ccc(Oc4cc5cnn(C)c5cc4-c4cn[nH]c4)c(F)c3)c2=O)cc1. The molecule has 6 rings (SSSR count). The van der Waals surface area contributed by atoms with Gasteiger partial charge in [0.05, 0.1) is 23.5 Å². The van der Waals surface area contributed by atoms with E-state index in [1.54, 1.807) is 41.5 Å². The molecule has 0 aliphatic heterocycles. The number of H-pyrrole nitrogens is 1. The molecule has 9 heteroatoms. The molecule has 0 saturated carbocycles. The summed E-state index contributed by atoms with van der Waals surface area (Å²) >= 11 is 0. The third-order valence-corrected chi connectivity index (χ3v) is 7.11. The molecule has 41 heavy (non-hydrogen) atoms. The molecule has 0 aliphatic carbocycles. The van der Waals surface area contributed by atoms with Crippen LogP contribution in [0.1, 0.15) is 27.2 Å². The van der Waals surface area contributed by atoms with Crippen molar-refractivity contribution in [3.63, 3.8) is 0 Å². The molecule has 0 amide bonds. The Morgan fingerprint density at radius 3 is 2.51 bits per heavy atom. The number of ether oxygens (including phenoxy) is 1. The highest BCUT2D eigenvalue weighted by Gasteiger charge is 2.18. The monoisotopic (exact) mass is 547 g/mol. The van der Waals surface area contributed by atoms with E-state index < -0.39 is 17.2 Å². The summed E-state index contributed by atoms with van der Waals surface area (Å²) < 4.78 is 24.6. The number of fused-ring (bicyclic) bond motifs is 1. The van der Waals surface area contributed by atoms with Crippen LogP contribution in [0, 0.1) is 19.7 Å². The molecule has 0 atom stereocenters. The third kappa shape index (κ3) is 4.93. The maximum atomic E-state index is 15.3. The van der Waals surface area contributed by atoms with Gasteiger partial charge in [-0.1, -0.05) is 23.8 Å². The molecule has 0 unspecified atom stereocenters. The van der Waals surface area contributed by atoms with E-state index in [0.717, 1.165) is 27.6 Å². The van der Waals surface area contributed by atoms with E-state index in [4.69, 9.17) is 4.74 Å². The summed E-state index contributed by atoms with van der Waals surface area (Å²) in [5.74, 6) is -0.578. The number of nitrogens with one attached hydrogen (secondary N) is 1. The normalized spacial score (nSPS) is 11.2. The van der Waals surface area contributed by atoms with E-state index in [-0.39, 0.29) is 17.7 Å². The van der Waals surface area contributed by atoms with Crippen LogP contribution in [0.15, 0.2) is 90.1 Å². The van der Waals surface area contributed by atoms with Gasteiger partial charge in [0.15, 0.2) is 17.3 Å². The van der Waals surface area contributed by atoms with Crippen molar-refractivity contribution < 1.29 is 13.9 Å². The molecule has 0 bridgehead atoms. The van der Waals surface area contributed by atoms with Gasteiger partial charge in [-0.3, -0.25) is 23.9 Å². The number of carbonyl (C=O) groups excluding carboxylic acids is 1. The van der Waals surface area contributed by atoms with Gasteiger partial charge >= 0.3 is 0 Å². The first-order chi connectivity index (χ1) is 19.8. The van der Waals surface area contributed by atoms with Gasteiger partial charge in [-0.2, -0.15) is 10.2 Å². The minimum Gasteiger partial charge on any atom is -0.454 e. The van der Waals surface area contributed by atoms with E-state index in [1.807, 2.05) is 51.2 Å². The number of aromatic amines is 1. The molecule has 0 fully saturated rings. The fourth-order valence-corrected chi connectivity index (χ4v) is 4.88. The molecule has 0 aliphatic rings. The number of pyridine rings is 1. The number of aryl methyl sites for hydroxylation is 3. The average Bonchev–Trinajstić information content (AvgIpc) is 3.61. The molecular formula is C32H26FN5O3. The average molecular weight is 548 g/mol. The Balaban J connectivity index is 1.27. The Labute approximate surface area is 234 Å². The molecule has 0 saturated heterocycles. The van der Waals surface area contributed by atoms with Gasteiger partial charge in [0.25, 0.3) is 5.56 Å². The van der Waals surface area contributed by atoms with Gasteiger partial charge in [0, 0.05) is 47.6 Å². The fraction of sp³-hybridized carbons (Fsp3) is 0.125. The summed E-state index contributed by atoms with van der Waals surface area (Å²) in [4.78, 5) is 26.5. The van der Waals surface area contributed by atoms with Crippen molar-refractivity contribution in [2.24, 2.45) is 7.05 Å². The van der Waals surface area contributed by atoms with Crippen molar-refractivity contribution in [2.75, 3.05) is 0 Å². The van der Waals surface area contributed by atoms with Crippen LogP contribution >= 0.6 is 0 Å². The lowest BCUT2D eigenvalue weighted by atomic mass is 10.0. The molecule has 3 heterocycles. The topological polar surface area (TPSA) is 94.8 Å². The Kier molecular flexibility index (Phi) is 6.55. The van der Waals surface area contributed by atoms with Gasteiger partial charge in [-0.15, -0.1) is 0 Å². The van der Waals surface area contributed by atoms with Crippen LogP contribution in [0.5, 0.6) is 11.5 Å². The number of ketones is 1. The van der Waals surface area contributed by atoms with E-state index in [0.29, 0.717) is 22.7 Å². The van der Waals surface area contributed by atoms with Crippen LogP contribution in [0.4, 0.5) is 4.39 Å². The number of halogens is 1. The van der Waals surface area contributed by atoms with Crippen LogP contribution in [0.2, 0.25) is 0 Å². The summed E-state index contributed by atoms with van der Waals surface area (Å²) in [6, 6.07) is 18.9. The minimum absolute atomic E-state index is 0.00578. The van der Waals surface area contributed by atoms with Gasteiger partial charge in [0.1, 0.15) is 5.75 Å². The van der Waals surface area contributed by atoms with Crippen molar-refractivity contribution >= 4 is 16.7 Å². The van der Waals surface area contributed by atoms with Crippen LogP contribution < -0.4 is 10.3 Å². The smallest absolute Gasteiger partial charge is 0.266 e. The van der Waals surface area contributed by atoms with Crippen molar-refractivity contribution in [3.8, 4) is 28.3 Å². The Morgan fingerprint density at radius 1 is 0.976 bits per heavy atom. The number of Topliss-reactive ketones (excluding diaryl/α,β-unsaturated/α-hetero) is 1. The largest absolute Gasteiger partial charge is 0.454 e. The van der Waals surface area contributed by atoms with Crippen molar-refractivity contribution in [1.82, 2.24) is 24.5 Å². The number of aromatic nitrogens is 5. The third-order valence-electron chi connectivity index (χ3n) is 7.11. The first kappa shape index (κ1) is 25.9. The molecular weight excluding hydrogens is 521 g/mol. The highest BCUT2D eigenvalue weighted by atomic mass is 19.1. The zero-order valence-corrected chi connectivity index (χ0v) is 22.7. The second-order valence-corrected chi connectivity index (χ2v) is 9.99. The quantitative estimate of drug-likeness (QED) is 0.244. The summed E-state index contributed by atoms with van der Waals surface area (Å²) in [6.45, 7) is 3.78. The molecule has 1 N–H and O–H groups in total. The standard InChI is InChI=1S/C32H26FN5O3/c1-19-4-8-24(9-5-19)38-20(2)6-10-25(32(38)40)29(39)13-21-7-11-30(27(33)12-21)41-31-14-22-18-36-37(3)28(22)15-26(31)23-16-34-35-17-23/h4-12,14-18H,13H2,1-3H3,(H,34,35). The molecule has 3 aromatic heterocycles. The predicted molar refractivity (Wildman–Crippen MR) is 154 cm³/mol. The lowest BCUT2D eigenvalue weighted by molar-refractivity contribution is 0.0991. The molecule has 0 spiro atoms. The van der Waals surface area contributed by atoms with Crippen molar-refractivity contribution in [2.45, 2.75) is 20.3 Å². The zero-order valence-electron chi connectivity index (χ0n) is 22.7. The van der Waals surface area contributed by atoms with E-state index in [9.17, 15) is 9.59 Å². The highest BCUT2D eigenvalue weighted by Crippen LogP contribution is 2.37. The van der Waals surface area contributed by atoms with Crippen LogP contribution in [0.3, 0.4) is 0 Å². The molecule has 3 aromatic carbocycles. The maximum Gasteiger partial charge on any atom is 0.266 e. The first-order valence-corrected chi connectivity index (χ1v) is 13.0. The molecule has 6 aromatic rings. The van der Waals surface area contributed by atoms with E-state index in [1.165, 1.54) is 22.8 Å². The fourth-order valence-electron chi connectivity index (χ4n) is 4.88. The number of benzene rings is 3. The first-order valence-electron chi connectivity index (χ1n) is 13.0. The highest BCUT2D eigenvalue weighted by molar-refractivity contribution is 5.97. The maximum absolute atomic E-state index is 15.3. The Morgan fingerprint density at radius 2 is 1.78 bits per heavy atom. The Hall–Kier alpha value is -5.31. The number of carbonyl (C=O) groups is 1. The van der Waals surface area contributed by atoms with Crippen molar-refractivity contribution in [3.05, 3.63) is 124 Å². The summed E-state index contributed by atoms with van der Waals surface area (Å²) in [7, 11) is 1.84. The van der Waals surface area contributed by atoms with Gasteiger partial charge in [-0.05, 0) is 67.9 Å². The van der Waals surface area contributed by atoms with Crippen LogP contribution in [-0.4, -0.2) is 30.3 Å². The van der Waals surface area contributed by atoms with Gasteiger partial charge in [0.2, 0.25) is 0 Å². The zero-order chi connectivity index (χ0) is 28.7. The Bertz CT molecular complexity index is 1970. The van der Waals surface area contributed by atoms with Crippen molar-refractivity contribution in [1.29, 1.82) is 0 Å². The summed E-state index contributed by atoms with van der Waals surface area (Å²) in [5.41, 5.74) is 4.92. The van der Waals surface area contributed by atoms with E-state index in [2.05, 4.69) is 15.3 Å². The second kappa shape index (κ2) is 10.3. The lowest BCUT2D eigenvalue weighted by Crippen LogP contribution is -2.27. The molecule has 8 nitrogen and oxygen atoms in total. The molecule has 204 valence electrons. The van der Waals surface area contributed by atoms with E-state index >= 15 is 4.39 Å². The lowest BCUT2D eigenvalue weighted by Gasteiger charge is -2.13. The minimum atomic E-state index is -0.624. The number of nitrogens with zero attached hydrogens (tertiary/aromatic N) is 4. The summed E-state index contributed by atoms with van der Waals surface area (Å²) in [6.07, 6.45) is 4.97. The summed E-state index contributed by atoms with van der Waals surface area (Å²) in [5, 5.41) is 11.9. The molecule has 0 radical (unpaired) electrons. The second-order valence-electron chi connectivity index (χ2n) is 9.99.